The fraction of sp³-hybridized carbons (Fsp3) is 0.607. The van der Waals surface area contributed by atoms with Gasteiger partial charge in [0.2, 0.25) is 5.78 Å². The lowest BCUT2D eigenvalue weighted by atomic mass is 9.71. The quantitative estimate of drug-likeness (QED) is 0.396. The molecule has 4 heteroatoms. The molecule has 0 radical (unpaired) electrons. The van der Waals surface area contributed by atoms with E-state index in [0.29, 0.717) is 16.3 Å². The second kappa shape index (κ2) is 8.20. The number of carbonyl (C=O) groups is 1. The first-order valence-corrected chi connectivity index (χ1v) is 12.1. The van der Waals surface area contributed by atoms with E-state index in [1.165, 1.54) is 0 Å². The number of Topliss-reactive ketones (excluding diaryl/α,β-unsaturated/α-hetero) is 1. The van der Waals surface area contributed by atoms with Crippen LogP contribution in [-0.2, 0) is 15.6 Å². The molecule has 1 aliphatic rings. The van der Waals surface area contributed by atoms with Crippen LogP contribution in [0, 0.1) is 10.8 Å². The van der Waals surface area contributed by atoms with Crippen molar-refractivity contribution in [2.75, 3.05) is 0 Å². The third-order valence-electron chi connectivity index (χ3n) is 6.05. The molecule has 32 heavy (non-hydrogen) atoms. The molecule has 0 N–H and O–H groups in total. The van der Waals surface area contributed by atoms with Gasteiger partial charge in [-0.25, -0.2) is 0 Å². The van der Waals surface area contributed by atoms with Crippen LogP contribution in [0.3, 0.4) is 0 Å². The molecule has 0 saturated heterocycles. The molecule has 2 nitrogen and oxygen atoms in total. The molecule has 0 aliphatic heterocycles. The van der Waals surface area contributed by atoms with Crippen LogP contribution in [0.1, 0.15) is 94.2 Å². The van der Waals surface area contributed by atoms with Crippen molar-refractivity contribution in [3.05, 3.63) is 51.8 Å². The molecule has 1 aliphatic carbocycles. The monoisotopic (exact) mass is 478 g/mol. The Morgan fingerprint density at radius 2 is 1.31 bits per heavy atom. The minimum absolute atomic E-state index is 0.0677. The normalized spacial score (nSPS) is 20.8. The van der Waals surface area contributed by atoms with Gasteiger partial charge in [0, 0.05) is 11.1 Å². The molecule has 1 unspecified atom stereocenters. The summed E-state index contributed by atoms with van der Waals surface area (Å²) in [6, 6.07) is 4.09. The fourth-order valence-electron chi connectivity index (χ4n) is 3.57. The zero-order chi connectivity index (χ0) is 25.1. The van der Waals surface area contributed by atoms with Crippen LogP contribution in [-0.4, -0.2) is 10.7 Å². The summed E-state index contributed by atoms with van der Waals surface area (Å²) in [7, 11) is 0. The second-order valence-corrected chi connectivity index (χ2v) is 14.1. The number of carbonyl (C=O) groups excluding carboxylic acids is 1. The van der Waals surface area contributed by atoms with E-state index in [1.807, 2.05) is 32.9 Å². The molecular weight excluding hydrogens is 439 g/mol. The molecule has 1 aromatic rings. The van der Waals surface area contributed by atoms with E-state index in [-0.39, 0.29) is 33.2 Å². The summed E-state index contributed by atoms with van der Waals surface area (Å²) in [6.45, 7) is 25.1. The highest BCUT2D eigenvalue weighted by Crippen LogP contribution is 2.48. The molecule has 1 atom stereocenters. The first kappa shape index (κ1) is 27.0. The summed E-state index contributed by atoms with van der Waals surface area (Å²) in [5.41, 5.74) is 1.74. The Labute approximate surface area is 205 Å². The van der Waals surface area contributed by atoms with Crippen molar-refractivity contribution in [1.82, 2.24) is 0 Å². The van der Waals surface area contributed by atoms with Crippen LogP contribution in [0.2, 0.25) is 5.02 Å². The van der Waals surface area contributed by atoms with Gasteiger partial charge in [-0.3, -0.25) is 4.79 Å². The number of hydrogen-bond donors (Lipinski definition) is 0. The highest BCUT2D eigenvalue weighted by molar-refractivity contribution is 6.32. The van der Waals surface area contributed by atoms with Gasteiger partial charge in [0.25, 0.3) is 0 Å². The van der Waals surface area contributed by atoms with Gasteiger partial charge >= 0.3 is 0 Å². The Bertz CT molecular complexity index is 971. The first-order chi connectivity index (χ1) is 14.1. The summed E-state index contributed by atoms with van der Waals surface area (Å²) < 4.78 is 6.39. The maximum Gasteiger partial charge on any atom is 0.224 e. The smallest absolute Gasteiger partial charge is 0.224 e. The van der Waals surface area contributed by atoms with Gasteiger partial charge in [0.1, 0.15) is 5.75 Å². The summed E-state index contributed by atoms with van der Waals surface area (Å²) in [4.78, 5) is 12.7. The minimum Gasteiger partial charge on any atom is -0.452 e. The molecule has 0 amide bonds. The third-order valence-corrected chi connectivity index (χ3v) is 7.12. The Morgan fingerprint density at radius 3 is 1.72 bits per heavy atom. The van der Waals surface area contributed by atoms with Gasteiger partial charge in [0.15, 0.2) is 5.76 Å². The van der Waals surface area contributed by atoms with Crippen molar-refractivity contribution in [2.45, 2.75) is 98.8 Å². The molecule has 0 aromatic heterocycles. The Balaban J connectivity index is 2.73. The van der Waals surface area contributed by atoms with Crippen molar-refractivity contribution in [1.29, 1.82) is 0 Å². The van der Waals surface area contributed by atoms with E-state index >= 15 is 0 Å². The van der Waals surface area contributed by atoms with Crippen LogP contribution in [0.5, 0.6) is 5.75 Å². The number of ketones is 1. The van der Waals surface area contributed by atoms with E-state index in [1.54, 1.807) is 6.08 Å². The van der Waals surface area contributed by atoms with E-state index in [4.69, 9.17) is 27.9 Å². The molecule has 0 heterocycles. The van der Waals surface area contributed by atoms with Crippen LogP contribution in [0.15, 0.2) is 35.6 Å². The molecular formula is C28H40Cl2O2. The van der Waals surface area contributed by atoms with Crippen LogP contribution in [0.25, 0.3) is 0 Å². The summed E-state index contributed by atoms with van der Waals surface area (Å²) in [6.07, 6.45) is 3.66. The molecule has 0 saturated carbocycles. The van der Waals surface area contributed by atoms with Gasteiger partial charge in [-0.15, -0.1) is 11.6 Å². The van der Waals surface area contributed by atoms with Crippen molar-refractivity contribution < 1.29 is 9.53 Å². The number of benzene rings is 1. The number of rotatable bonds is 2. The van der Waals surface area contributed by atoms with Gasteiger partial charge in [0.05, 0.1) is 9.90 Å². The maximum absolute atomic E-state index is 13.5. The van der Waals surface area contributed by atoms with E-state index < -0.39 is 4.87 Å². The topological polar surface area (TPSA) is 26.3 Å². The zero-order valence-electron chi connectivity index (χ0n) is 21.9. The molecule has 178 valence electrons. The summed E-state index contributed by atoms with van der Waals surface area (Å²) in [5, 5.41) is 0.499. The number of allylic oxidation sites excluding steroid dienone is 3. The summed E-state index contributed by atoms with van der Waals surface area (Å²) in [5.74, 6) is 0.613. The van der Waals surface area contributed by atoms with Crippen molar-refractivity contribution in [2.24, 2.45) is 10.8 Å². The highest BCUT2D eigenvalue weighted by atomic mass is 35.5. The first-order valence-electron chi connectivity index (χ1n) is 11.3. The average molecular weight is 480 g/mol. The lowest BCUT2D eigenvalue weighted by Crippen LogP contribution is -2.40. The van der Waals surface area contributed by atoms with Crippen LogP contribution in [0.4, 0.5) is 0 Å². The predicted molar refractivity (Wildman–Crippen MR) is 138 cm³/mol. The molecule has 0 spiro atoms. The van der Waals surface area contributed by atoms with Crippen LogP contribution >= 0.6 is 23.2 Å². The van der Waals surface area contributed by atoms with Gasteiger partial charge < -0.3 is 4.74 Å². The molecule has 1 aromatic carbocycles. The fourth-order valence-corrected chi connectivity index (χ4v) is 4.04. The molecule has 0 fully saturated rings. The lowest BCUT2D eigenvalue weighted by Gasteiger charge is -2.40. The molecule has 2 rings (SSSR count). The predicted octanol–water partition coefficient (Wildman–Crippen LogP) is 8.78. The number of alkyl halides is 1. The Hall–Kier alpha value is -1.25. The highest BCUT2D eigenvalue weighted by Gasteiger charge is 2.45. The van der Waals surface area contributed by atoms with Crippen molar-refractivity contribution in [3.8, 4) is 5.75 Å². The SMILES string of the molecule is CC(C)(C)C1=CC(Cl)(C(C)(C)C)C=C(Oc2c(Cl)cc(C(C)(C)C)cc2C(C)(C)C)C1=O. The molecule has 0 bridgehead atoms. The van der Waals surface area contributed by atoms with Gasteiger partial charge in [-0.1, -0.05) is 107 Å². The second-order valence-electron chi connectivity index (χ2n) is 13.1. The Morgan fingerprint density at radius 1 is 0.781 bits per heavy atom. The summed E-state index contributed by atoms with van der Waals surface area (Å²) >= 11 is 13.9. The van der Waals surface area contributed by atoms with Gasteiger partial charge in [-0.05, 0) is 39.4 Å². The lowest BCUT2D eigenvalue weighted by molar-refractivity contribution is -0.115. The van der Waals surface area contributed by atoms with Crippen LogP contribution < -0.4 is 4.74 Å². The zero-order valence-corrected chi connectivity index (χ0v) is 23.4. The van der Waals surface area contributed by atoms with E-state index in [2.05, 4.69) is 68.4 Å². The van der Waals surface area contributed by atoms with E-state index in [0.717, 1.165) is 11.1 Å². The third kappa shape index (κ3) is 5.45. The average Bonchev–Trinajstić information content (AvgIpc) is 2.55. The van der Waals surface area contributed by atoms with Crippen molar-refractivity contribution in [3.63, 3.8) is 0 Å². The van der Waals surface area contributed by atoms with Crippen molar-refractivity contribution >= 4 is 29.0 Å². The Kier molecular flexibility index (Phi) is 6.92. The largest absolute Gasteiger partial charge is 0.452 e. The maximum atomic E-state index is 13.5. The van der Waals surface area contributed by atoms with E-state index in [9.17, 15) is 4.79 Å². The standard InChI is InChI=1S/C28H40Cl2O2/c1-24(2,3)17-13-18(25(4,5)6)23(20(29)14-17)32-21-16-28(30,27(10,11)12)15-19(22(21)31)26(7,8)9/h13-16H,1-12H3. The number of halogens is 2. The number of hydrogen-bond acceptors (Lipinski definition) is 2. The minimum atomic E-state index is -0.863. The number of ether oxygens (including phenoxy) is 1. The van der Waals surface area contributed by atoms with Gasteiger partial charge in [-0.2, -0.15) is 0 Å².